The Morgan fingerprint density at radius 2 is 1.80 bits per heavy atom. The van der Waals surface area contributed by atoms with E-state index >= 15 is 0 Å². The van der Waals surface area contributed by atoms with Crippen molar-refractivity contribution in [2.45, 2.75) is 58.9 Å². The molecule has 30 heavy (non-hydrogen) atoms. The van der Waals surface area contributed by atoms with Gasteiger partial charge in [0.2, 0.25) is 11.8 Å². The lowest BCUT2D eigenvalue weighted by Gasteiger charge is -2.36. The predicted molar refractivity (Wildman–Crippen MR) is 113 cm³/mol. The first-order valence-corrected chi connectivity index (χ1v) is 10.4. The number of hydrogen-bond donors (Lipinski definition) is 3. The summed E-state index contributed by atoms with van der Waals surface area (Å²) in [6.07, 6.45) is 3.36. The maximum Gasteiger partial charge on any atom is 0.325 e. The highest BCUT2D eigenvalue weighted by molar-refractivity contribution is 6.09. The predicted octanol–water partition coefficient (Wildman–Crippen LogP) is 2.17. The number of carbonyl (C=O) groups excluding carboxylic acids is 4. The second-order valence-corrected chi connectivity index (χ2v) is 8.54. The van der Waals surface area contributed by atoms with E-state index in [1.807, 2.05) is 39.8 Å². The summed E-state index contributed by atoms with van der Waals surface area (Å²) in [6.45, 7) is 7.13. The topological polar surface area (TPSA) is 108 Å². The van der Waals surface area contributed by atoms with Gasteiger partial charge in [-0.1, -0.05) is 37.5 Å². The van der Waals surface area contributed by atoms with Gasteiger partial charge in [0, 0.05) is 5.69 Å². The van der Waals surface area contributed by atoms with Crippen LogP contribution in [0.25, 0.3) is 0 Å². The zero-order valence-corrected chi connectivity index (χ0v) is 18.1. The van der Waals surface area contributed by atoms with Crippen molar-refractivity contribution in [1.29, 1.82) is 0 Å². The third kappa shape index (κ3) is 4.17. The van der Waals surface area contributed by atoms with Crippen LogP contribution in [0.5, 0.6) is 0 Å². The zero-order chi connectivity index (χ0) is 22.1. The average molecular weight is 415 g/mol. The Morgan fingerprint density at radius 3 is 2.43 bits per heavy atom. The fourth-order valence-electron chi connectivity index (χ4n) is 4.58. The number of nitrogens with zero attached hydrogens (tertiary/aromatic N) is 1. The van der Waals surface area contributed by atoms with Crippen LogP contribution < -0.4 is 16.0 Å². The number of rotatable bonds is 5. The van der Waals surface area contributed by atoms with Crippen molar-refractivity contribution >= 4 is 29.4 Å². The largest absolute Gasteiger partial charge is 0.345 e. The van der Waals surface area contributed by atoms with Gasteiger partial charge in [-0.25, -0.2) is 4.79 Å². The molecular formula is C22H30N4O4. The van der Waals surface area contributed by atoms with Crippen LogP contribution in [0.3, 0.4) is 0 Å². The lowest BCUT2D eigenvalue weighted by Crippen LogP contribution is -2.54. The molecule has 2 fully saturated rings. The number of nitrogens with one attached hydrogen (secondary N) is 3. The monoisotopic (exact) mass is 414 g/mol. The maximum absolute atomic E-state index is 12.9. The summed E-state index contributed by atoms with van der Waals surface area (Å²) < 4.78 is 0. The third-order valence-corrected chi connectivity index (χ3v) is 6.19. The van der Waals surface area contributed by atoms with Crippen molar-refractivity contribution in [2.24, 2.45) is 5.92 Å². The summed E-state index contributed by atoms with van der Waals surface area (Å²) >= 11 is 0. The van der Waals surface area contributed by atoms with Gasteiger partial charge in [-0.15, -0.1) is 0 Å². The van der Waals surface area contributed by atoms with Crippen molar-refractivity contribution < 1.29 is 19.2 Å². The molecule has 8 nitrogen and oxygen atoms in total. The Morgan fingerprint density at radius 1 is 1.13 bits per heavy atom. The van der Waals surface area contributed by atoms with Crippen LogP contribution in [0.4, 0.5) is 10.5 Å². The van der Waals surface area contributed by atoms with E-state index in [4.69, 9.17) is 0 Å². The molecule has 1 spiro atoms. The summed E-state index contributed by atoms with van der Waals surface area (Å²) in [5, 5.41) is 8.13. The molecule has 1 aromatic carbocycles. The number of carbonyl (C=O) groups is 4. The molecule has 1 saturated carbocycles. The van der Waals surface area contributed by atoms with Crippen molar-refractivity contribution in [2.75, 3.05) is 18.4 Å². The highest BCUT2D eigenvalue weighted by Crippen LogP contribution is 2.38. The van der Waals surface area contributed by atoms with E-state index in [9.17, 15) is 19.2 Å². The molecule has 2 atom stereocenters. The molecule has 0 unspecified atom stereocenters. The molecule has 0 bridgehead atoms. The quantitative estimate of drug-likeness (QED) is 0.642. The summed E-state index contributed by atoms with van der Waals surface area (Å²) in [7, 11) is 0. The highest BCUT2D eigenvalue weighted by Gasteiger charge is 2.55. The van der Waals surface area contributed by atoms with E-state index in [0.717, 1.165) is 46.5 Å². The molecule has 3 N–H and O–H groups in total. The van der Waals surface area contributed by atoms with Crippen LogP contribution in [-0.4, -0.2) is 47.3 Å². The van der Waals surface area contributed by atoms with Crippen LogP contribution in [-0.2, 0) is 14.4 Å². The van der Waals surface area contributed by atoms with Crippen molar-refractivity contribution in [3.05, 3.63) is 28.8 Å². The Hall–Kier alpha value is -2.90. The van der Waals surface area contributed by atoms with E-state index in [1.54, 1.807) is 0 Å². The van der Waals surface area contributed by atoms with Gasteiger partial charge in [-0.2, -0.15) is 0 Å². The molecule has 2 aliphatic rings. The van der Waals surface area contributed by atoms with Gasteiger partial charge in [0.15, 0.2) is 0 Å². The molecule has 1 aromatic rings. The molecule has 162 valence electrons. The SMILES string of the molecule is Cc1cc(C)c(NC(=O)CNC(=O)CN2C(=O)N[C@]3(CCCC[C@H]3C)C2=O)c(C)c1. The Labute approximate surface area is 176 Å². The number of urea groups is 1. The fourth-order valence-corrected chi connectivity index (χ4v) is 4.58. The normalized spacial score (nSPS) is 23.5. The second-order valence-electron chi connectivity index (χ2n) is 8.54. The minimum Gasteiger partial charge on any atom is -0.345 e. The van der Waals surface area contributed by atoms with E-state index < -0.39 is 24.0 Å². The van der Waals surface area contributed by atoms with E-state index in [-0.39, 0.29) is 24.3 Å². The zero-order valence-electron chi connectivity index (χ0n) is 18.1. The first-order valence-electron chi connectivity index (χ1n) is 10.4. The van der Waals surface area contributed by atoms with Gasteiger partial charge in [0.1, 0.15) is 12.1 Å². The standard InChI is InChI=1S/C22H30N4O4/c1-13-9-14(2)19(15(3)10-13)24-17(27)11-23-18(28)12-26-20(29)22(25-21(26)30)8-6-5-7-16(22)4/h9-10,16H,5-8,11-12H2,1-4H3,(H,23,28)(H,24,27)(H,25,30)/t16-,22+/m1/s1. The molecule has 8 heteroatoms. The molecule has 3 rings (SSSR count). The fraction of sp³-hybridized carbons (Fsp3) is 0.545. The van der Waals surface area contributed by atoms with E-state index in [0.29, 0.717) is 6.42 Å². The highest BCUT2D eigenvalue weighted by atomic mass is 16.2. The summed E-state index contributed by atoms with van der Waals surface area (Å²) in [6, 6.07) is 3.40. The number of hydrogen-bond acceptors (Lipinski definition) is 4. The lowest BCUT2D eigenvalue weighted by molar-refractivity contribution is -0.137. The number of benzene rings is 1. The first-order chi connectivity index (χ1) is 14.1. The second kappa shape index (κ2) is 8.45. The van der Waals surface area contributed by atoms with Crippen molar-refractivity contribution in [3.63, 3.8) is 0 Å². The molecular weight excluding hydrogens is 384 g/mol. The Balaban J connectivity index is 1.55. The van der Waals surface area contributed by atoms with Gasteiger partial charge in [-0.3, -0.25) is 19.3 Å². The third-order valence-electron chi connectivity index (χ3n) is 6.19. The number of imide groups is 1. The molecule has 0 aromatic heterocycles. The van der Waals surface area contributed by atoms with E-state index in [2.05, 4.69) is 16.0 Å². The van der Waals surface area contributed by atoms with Gasteiger partial charge < -0.3 is 16.0 Å². The average Bonchev–Trinajstić information content (AvgIpc) is 2.90. The lowest BCUT2D eigenvalue weighted by atomic mass is 9.73. The molecule has 1 aliphatic heterocycles. The maximum atomic E-state index is 12.9. The minimum atomic E-state index is -0.895. The number of anilines is 1. The number of aryl methyl sites for hydroxylation is 3. The van der Waals surface area contributed by atoms with Crippen LogP contribution in [0.2, 0.25) is 0 Å². The summed E-state index contributed by atoms with van der Waals surface area (Å²) in [5.41, 5.74) is 2.82. The Bertz CT molecular complexity index is 874. The van der Waals surface area contributed by atoms with Crippen LogP contribution >= 0.6 is 0 Å². The molecule has 5 amide bonds. The van der Waals surface area contributed by atoms with Crippen LogP contribution in [0, 0.1) is 26.7 Å². The van der Waals surface area contributed by atoms with E-state index in [1.165, 1.54) is 0 Å². The molecule has 1 saturated heterocycles. The Kier molecular flexibility index (Phi) is 6.14. The first kappa shape index (κ1) is 21.8. The van der Waals surface area contributed by atoms with Gasteiger partial charge >= 0.3 is 6.03 Å². The summed E-state index contributed by atoms with van der Waals surface area (Å²) in [4.78, 5) is 50.8. The van der Waals surface area contributed by atoms with Crippen LogP contribution in [0.1, 0.15) is 49.3 Å². The van der Waals surface area contributed by atoms with Gasteiger partial charge in [0.05, 0.1) is 6.54 Å². The van der Waals surface area contributed by atoms with Gasteiger partial charge in [-0.05, 0) is 50.7 Å². The van der Waals surface area contributed by atoms with Crippen molar-refractivity contribution in [1.82, 2.24) is 15.5 Å². The molecule has 1 heterocycles. The van der Waals surface area contributed by atoms with Crippen molar-refractivity contribution in [3.8, 4) is 0 Å². The summed E-state index contributed by atoms with van der Waals surface area (Å²) in [5.74, 6) is -1.23. The number of amides is 5. The van der Waals surface area contributed by atoms with Crippen LogP contribution in [0.15, 0.2) is 12.1 Å². The smallest absolute Gasteiger partial charge is 0.325 e. The van der Waals surface area contributed by atoms with Gasteiger partial charge in [0.25, 0.3) is 5.91 Å². The molecule has 0 radical (unpaired) electrons. The minimum absolute atomic E-state index is 0.0301. The molecule has 1 aliphatic carbocycles.